The molecule has 0 amide bonds. The lowest BCUT2D eigenvalue weighted by molar-refractivity contribution is -0.157. The highest BCUT2D eigenvalue weighted by molar-refractivity contribution is 6.18. The van der Waals surface area contributed by atoms with Crippen LogP contribution < -0.4 is 0 Å². The normalized spacial score (nSPS) is 25.4. The second kappa shape index (κ2) is 3.81. The average Bonchev–Trinajstić information content (AvgIpc) is 2.09. The molecule has 0 bridgehead atoms. The molecule has 0 aliphatic heterocycles. The molecule has 1 rings (SSSR count). The van der Waals surface area contributed by atoms with Crippen LogP contribution in [0.1, 0.15) is 20.8 Å². The van der Waals surface area contributed by atoms with E-state index >= 15 is 0 Å². The van der Waals surface area contributed by atoms with Crippen LogP contribution in [0.5, 0.6) is 0 Å². The quantitative estimate of drug-likeness (QED) is 0.385. The first-order valence-electron chi connectivity index (χ1n) is 4.50. The molecule has 0 radical (unpaired) electrons. The van der Waals surface area contributed by atoms with Gasteiger partial charge in [-0.3, -0.25) is 14.4 Å². The second-order valence-corrected chi connectivity index (χ2v) is 3.64. The Hall–Kier alpha value is -1.71. The fraction of sp³-hybridized carbons (Fsp3) is 0.364. The van der Waals surface area contributed by atoms with E-state index in [1.807, 2.05) is 0 Å². The summed E-state index contributed by atoms with van der Waals surface area (Å²) in [5.74, 6) is -1.04. The Morgan fingerprint density at radius 2 is 2.13 bits per heavy atom. The van der Waals surface area contributed by atoms with E-state index in [1.165, 1.54) is 26.0 Å². The van der Waals surface area contributed by atoms with Crippen molar-refractivity contribution in [1.29, 1.82) is 0 Å². The highest BCUT2D eigenvalue weighted by Gasteiger charge is 2.38. The monoisotopic (exact) mass is 208 g/mol. The molecule has 15 heavy (non-hydrogen) atoms. The van der Waals surface area contributed by atoms with Crippen molar-refractivity contribution in [3.63, 3.8) is 0 Å². The van der Waals surface area contributed by atoms with E-state index in [0.29, 0.717) is 6.29 Å². The van der Waals surface area contributed by atoms with E-state index in [1.54, 1.807) is 6.92 Å². The average molecular weight is 208 g/mol. The van der Waals surface area contributed by atoms with Crippen molar-refractivity contribution < 1.29 is 19.1 Å². The maximum Gasteiger partial charge on any atom is 0.303 e. The summed E-state index contributed by atoms with van der Waals surface area (Å²) in [6, 6.07) is 0. The summed E-state index contributed by atoms with van der Waals surface area (Å²) in [6.07, 6.45) is 3.48. The smallest absolute Gasteiger partial charge is 0.303 e. The van der Waals surface area contributed by atoms with Gasteiger partial charge >= 0.3 is 5.97 Å². The van der Waals surface area contributed by atoms with Crippen molar-refractivity contribution in [3.8, 4) is 0 Å². The minimum Gasteiger partial charge on any atom is -0.447 e. The van der Waals surface area contributed by atoms with E-state index in [0.717, 1.165) is 5.57 Å². The summed E-state index contributed by atoms with van der Waals surface area (Å²) in [5, 5.41) is 0. The molecular weight excluding hydrogens is 196 g/mol. The largest absolute Gasteiger partial charge is 0.447 e. The summed E-state index contributed by atoms with van der Waals surface area (Å²) in [6.45, 7) is 4.43. The first kappa shape index (κ1) is 11.4. The molecule has 0 saturated carbocycles. The van der Waals surface area contributed by atoms with Gasteiger partial charge in [-0.2, -0.15) is 0 Å². The van der Waals surface area contributed by atoms with Gasteiger partial charge in [0.25, 0.3) is 0 Å². The Labute approximate surface area is 87.6 Å². The van der Waals surface area contributed by atoms with Gasteiger partial charge < -0.3 is 4.74 Å². The van der Waals surface area contributed by atoms with Crippen LogP contribution in [-0.2, 0) is 19.1 Å². The molecule has 0 fully saturated rings. The van der Waals surface area contributed by atoms with Crippen molar-refractivity contribution >= 4 is 18.0 Å². The van der Waals surface area contributed by atoms with Gasteiger partial charge in [0.15, 0.2) is 11.9 Å². The standard InChI is InChI=1S/C11H12O4/c1-7-4-9(6-12)10(14)11(3,5-7)15-8(2)13/h4-6H,1-3H3. The van der Waals surface area contributed by atoms with Gasteiger partial charge in [0.05, 0.1) is 5.57 Å². The van der Waals surface area contributed by atoms with Gasteiger partial charge in [-0.25, -0.2) is 0 Å². The number of hydrogen-bond donors (Lipinski definition) is 0. The zero-order chi connectivity index (χ0) is 11.6. The van der Waals surface area contributed by atoms with Crippen LogP contribution in [0, 0.1) is 0 Å². The first-order valence-corrected chi connectivity index (χ1v) is 4.50. The van der Waals surface area contributed by atoms with E-state index in [2.05, 4.69) is 0 Å². The molecule has 0 aromatic heterocycles. The summed E-state index contributed by atoms with van der Waals surface area (Å²) in [4.78, 5) is 33.2. The van der Waals surface area contributed by atoms with Gasteiger partial charge in [0, 0.05) is 6.92 Å². The molecule has 0 heterocycles. The number of carbonyl (C=O) groups is 3. The molecule has 4 heteroatoms. The first-order chi connectivity index (χ1) is 6.89. The number of ether oxygens (including phenoxy) is 1. The molecule has 0 aromatic carbocycles. The minimum absolute atomic E-state index is 0.0266. The SMILES string of the molecule is CC(=O)OC1(C)C=C(C)C=C(C=O)C1=O. The third-order valence-electron chi connectivity index (χ3n) is 2.08. The van der Waals surface area contributed by atoms with Gasteiger partial charge in [-0.1, -0.05) is 0 Å². The molecular formula is C11H12O4. The molecule has 0 spiro atoms. The summed E-state index contributed by atoms with van der Waals surface area (Å²) >= 11 is 0. The van der Waals surface area contributed by atoms with Crippen LogP contribution in [0.15, 0.2) is 23.3 Å². The van der Waals surface area contributed by atoms with Crippen molar-refractivity contribution in [2.75, 3.05) is 0 Å². The Balaban J connectivity index is 3.13. The summed E-state index contributed by atoms with van der Waals surface area (Å²) < 4.78 is 4.93. The Morgan fingerprint density at radius 1 is 1.53 bits per heavy atom. The minimum atomic E-state index is -1.35. The number of allylic oxidation sites excluding steroid dienone is 2. The van der Waals surface area contributed by atoms with E-state index < -0.39 is 17.4 Å². The third-order valence-corrected chi connectivity index (χ3v) is 2.08. The van der Waals surface area contributed by atoms with Crippen LogP contribution in [0.4, 0.5) is 0 Å². The van der Waals surface area contributed by atoms with Crippen molar-refractivity contribution in [2.24, 2.45) is 0 Å². The van der Waals surface area contributed by atoms with E-state index in [4.69, 9.17) is 4.74 Å². The zero-order valence-electron chi connectivity index (χ0n) is 8.87. The molecule has 1 atom stereocenters. The van der Waals surface area contributed by atoms with Gasteiger partial charge in [0.1, 0.15) is 0 Å². The molecule has 0 N–H and O–H groups in total. The number of rotatable bonds is 2. The lowest BCUT2D eigenvalue weighted by Crippen LogP contribution is -2.41. The fourth-order valence-corrected chi connectivity index (χ4v) is 1.60. The van der Waals surface area contributed by atoms with Crippen LogP contribution in [0.2, 0.25) is 0 Å². The third kappa shape index (κ3) is 2.21. The molecule has 0 aromatic rings. The number of ketones is 1. The topological polar surface area (TPSA) is 60.4 Å². The van der Waals surface area contributed by atoms with E-state index in [9.17, 15) is 14.4 Å². The number of hydrogen-bond acceptors (Lipinski definition) is 4. The number of esters is 1. The van der Waals surface area contributed by atoms with Gasteiger partial charge in [-0.05, 0) is 31.6 Å². The van der Waals surface area contributed by atoms with Crippen molar-refractivity contribution in [1.82, 2.24) is 0 Å². The maximum absolute atomic E-state index is 11.7. The summed E-state index contributed by atoms with van der Waals surface area (Å²) in [5.41, 5.74) is -0.597. The van der Waals surface area contributed by atoms with Crippen molar-refractivity contribution in [3.05, 3.63) is 23.3 Å². The predicted molar refractivity (Wildman–Crippen MR) is 53.1 cm³/mol. The molecule has 0 saturated heterocycles. The lowest BCUT2D eigenvalue weighted by atomic mass is 9.87. The van der Waals surface area contributed by atoms with Crippen LogP contribution >= 0.6 is 0 Å². The highest BCUT2D eigenvalue weighted by atomic mass is 16.6. The molecule has 4 nitrogen and oxygen atoms in total. The van der Waals surface area contributed by atoms with Crippen LogP contribution in [0.25, 0.3) is 0 Å². The molecule has 1 unspecified atom stereocenters. The Morgan fingerprint density at radius 3 is 2.60 bits per heavy atom. The molecule has 1 aliphatic rings. The number of carbonyl (C=O) groups excluding carboxylic acids is 3. The van der Waals surface area contributed by atoms with Gasteiger partial charge in [-0.15, -0.1) is 0 Å². The van der Waals surface area contributed by atoms with Crippen molar-refractivity contribution in [2.45, 2.75) is 26.4 Å². The van der Waals surface area contributed by atoms with Crippen LogP contribution in [0.3, 0.4) is 0 Å². The predicted octanol–water partition coefficient (Wildman–Crippen LogP) is 0.962. The lowest BCUT2D eigenvalue weighted by Gasteiger charge is -2.27. The highest BCUT2D eigenvalue weighted by Crippen LogP contribution is 2.25. The second-order valence-electron chi connectivity index (χ2n) is 3.64. The Kier molecular flexibility index (Phi) is 2.88. The summed E-state index contributed by atoms with van der Waals surface area (Å²) in [7, 11) is 0. The number of aldehydes is 1. The zero-order valence-corrected chi connectivity index (χ0v) is 8.87. The van der Waals surface area contributed by atoms with Gasteiger partial charge in [0.2, 0.25) is 5.78 Å². The molecule has 80 valence electrons. The van der Waals surface area contributed by atoms with E-state index in [-0.39, 0.29) is 5.57 Å². The maximum atomic E-state index is 11.7. The number of Topliss-reactive ketones (excluding diaryl/α,β-unsaturated/α-hetero) is 1. The molecule has 1 aliphatic carbocycles. The fourth-order valence-electron chi connectivity index (χ4n) is 1.60. The Bertz CT molecular complexity index is 389. The van der Waals surface area contributed by atoms with Crippen LogP contribution in [-0.4, -0.2) is 23.6 Å².